The minimum Gasteiger partial charge on any atom is -0.326 e. The average Bonchev–Trinajstić information content (AvgIpc) is 2.61. The van der Waals surface area contributed by atoms with Gasteiger partial charge in [-0.25, -0.2) is 0 Å². The van der Waals surface area contributed by atoms with Crippen LogP contribution in [0.5, 0.6) is 0 Å². The quantitative estimate of drug-likeness (QED) is 0.872. The summed E-state index contributed by atoms with van der Waals surface area (Å²) in [5, 5.41) is 5.52. The smallest absolute Gasteiger partial charge is 0.226 e. The average molecular weight is 363 g/mol. The van der Waals surface area contributed by atoms with Gasteiger partial charge in [0, 0.05) is 31.4 Å². The largest absolute Gasteiger partial charge is 0.326 e. The molecule has 3 rings (SSSR count). The van der Waals surface area contributed by atoms with Crippen molar-refractivity contribution in [3.63, 3.8) is 0 Å². The SMILES string of the molecule is CC(=O)Nc1cccc(NC(=O)C[C@@H]2c3ccccc3C=CN2C(C)=O)c1. The van der Waals surface area contributed by atoms with E-state index in [-0.39, 0.29) is 30.2 Å². The Balaban J connectivity index is 1.77. The van der Waals surface area contributed by atoms with E-state index >= 15 is 0 Å². The molecule has 2 N–H and O–H groups in total. The van der Waals surface area contributed by atoms with E-state index in [1.165, 1.54) is 13.8 Å². The van der Waals surface area contributed by atoms with Gasteiger partial charge in [0.2, 0.25) is 17.7 Å². The number of amides is 3. The summed E-state index contributed by atoms with van der Waals surface area (Å²) in [6.07, 6.45) is 3.73. The molecule has 0 aromatic heterocycles. The molecule has 2 aromatic carbocycles. The van der Waals surface area contributed by atoms with Gasteiger partial charge in [0.1, 0.15) is 0 Å². The maximum absolute atomic E-state index is 12.6. The molecule has 1 aliphatic heterocycles. The molecule has 1 aliphatic rings. The van der Waals surface area contributed by atoms with Gasteiger partial charge in [-0.15, -0.1) is 0 Å². The Labute approximate surface area is 157 Å². The van der Waals surface area contributed by atoms with E-state index in [2.05, 4.69) is 10.6 Å². The third kappa shape index (κ3) is 4.41. The molecule has 2 aromatic rings. The number of carbonyl (C=O) groups excluding carboxylic acids is 3. The first-order valence-electron chi connectivity index (χ1n) is 8.67. The molecular weight excluding hydrogens is 342 g/mol. The van der Waals surface area contributed by atoms with Crippen molar-refractivity contribution < 1.29 is 14.4 Å². The Morgan fingerprint density at radius 2 is 1.67 bits per heavy atom. The molecule has 0 radical (unpaired) electrons. The topological polar surface area (TPSA) is 78.5 Å². The number of fused-ring (bicyclic) bond motifs is 1. The van der Waals surface area contributed by atoms with Crippen LogP contribution in [0.1, 0.15) is 37.4 Å². The van der Waals surface area contributed by atoms with Gasteiger partial charge in [-0.3, -0.25) is 14.4 Å². The lowest BCUT2D eigenvalue weighted by molar-refractivity contribution is -0.129. The summed E-state index contributed by atoms with van der Waals surface area (Å²) in [5.41, 5.74) is 3.13. The molecule has 0 unspecified atom stereocenters. The van der Waals surface area contributed by atoms with Gasteiger partial charge in [0.25, 0.3) is 0 Å². The zero-order valence-electron chi connectivity index (χ0n) is 15.2. The van der Waals surface area contributed by atoms with Crippen molar-refractivity contribution in [1.82, 2.24) is 4.90 Å². The molecule has 0 bridgehead atoms. The number of nitrogens with zero attached hydrogens (tertiary/aromatic N) is 1. The first-order valence-corrected chi connectivity index (χ1v) is 8.67. The van der Waals surface area contributed by atoms with Gasteiger partial charge in [-0.1, -0.05) is 30.3 Å². The predicted octanol–water partition coefficient (Wildman–Crippen LogP) is 3.55. The molecule has 0 fully saturated rings. The maximum atomic E-state index is 12.6. The Morgan fingerprint density at radius 3 is 2.37 bits per heavy atom. The number of hydrogen-bond acceptors (Lipinski definition) is 3. The fourth-order valence-electron chi connectivity index (χ4n) is 3.18. The van der Waals surface area contributed by atoms with Gasteiger partial charge < -0.3 is 15.5 Å². The highest BCUT2D eigenvalue weighted by atomic mass is 16.2. The minimum atomic E-state index is -0.359. The fraction of sp³-hybridized carbons (Fsp3) is 0.190. The van der Waals surface area contributed by atoms with Gasteiger partial charge in [0.05, 0.1) is 12.5 Å². The van der Waals surface area contributed by atoms with Crippen molar-refractivity contribution in [1.29, 1.82) is 0 Å². The molecule has 0 saturated heterocycles. The summed E-state index contributed by atoms with van der Waals surface area (Å²) in [5.74, 6) is -0.510. The molecular formula is C21H21N3O3. The number of anilines is 2. The zero-order chi connectivity index (χ0) is 19.4. The summed E-state index contributed by atoms with van der Waals surface area (Å²) in [4.78, 5) is 37.4. The Hall–Kier alpha value is -3.41. The predicted molar refractivity (Wildman–Crippen MR) is 105 cm³/mol. The molecule has 27 heavy (non-hydrogen) atoms. The highest BCUT2D eigenvalue weighted by Gasteiger charge is 2.28. The molecule has 138 valence electrons. The third-order valence-corrected chi connectivity index (χ3v) is 4.31. The Kier molecular flexibility index (Phi) is 5.35. The van der Waals surface area contributed by atoms with Crippen molar-refractivity contribution in [2.24, 2.45) is 0 Å². The van der Waals surface area contributed by atoms with E-state index in [0.717, 1.165) is 11.1 Å². The molecule has 3 amide bonds. The number of nitrogens with one attached hydrogen (secondary N) is 2. The Morgan fingerprint density at radius 1 is 0.963 bits per heavy atom. The summed E-state index contributed by atoms with van der Waals surface area (Å²) >= 11 is 0. The number of rotatable bonds is 4. The van der Waals surface area contributed by atoms with Crippen LogP contribution in [0.3, 0.4) is 0 Å². The van der Waals surface area contributed by atoms with Crippen LogP contribution in [0, 0.1) is 0 Å². The number of carbonyl (C=O) groups is 3. The molecule has 1 atom stereocenters. The van der Waals surface area contributed by atoms with Crippen molar-refractivity contribution in [2.75, 3.05) is 10.6 Å². The molecule has 0 spiro atoms. The van der Waals surface area contributed by atoms with Crippen LogP contribution < -0.4 is 10.6 Å². The van der Waals surface area contributed by atoms with E-state index in [4.69, 9.17) is 0 Å². The van der Waals surface area contributed by atoms with E-state index in [0.29, 0.717) is 11.4 Å². The van der Waals surface area contributed by atoms with Gasteiger partial charge in [-0.2, -0.15) is 0 Å². The van der Waals surface area contributed by atoms with Crippen molar-refractivity contribution >= 4 is 35.2 Å². The van der Waals surface area contributed by atoms with Gasteiger partial charge in [0.15, 0.2) is 0 Å². The van der Waals surface area contributed by atoms with E-state index in [1.54, 1.807) is 35.4 Å². The van der Waals surface area contributed by atoms with Crippen LogP contribution in [0.15, 0.2) is 54.7 Å². The fourth-order valence-corrected chi connectivity index (χ4v) is 3.18. The van der Waals surface area contributed by atoms with Crippen LogP contribution in [0.4, 0.5) is 11.4 Å². The van der Waals surface area contributed by atoms with E-state index in [9.17, 15) is 14.4 Å². The second-order valence-corrected chi connectivity index (χ2v) is 6.40. The van der Waals surface area contributed by atoms with Gasteiger partial charge >= 0.3 is 0 Å². The van der Waals surface area contributed by atoms with Crippen LogP contribution in [0.25, 0.3) is 6.08 Å². The summed E-state index contributed by atoms with van der Waals surface area (Å²) in [6.45, 7) is 2.91. The molecule has 1 heterocycles. The molecule has 0 aliphatic carbocycles. The first kappa shape index (κ1) is 18.4. The first-order chi connectivity index (χ1) is 12.9. The van der Waals surface area contributed by atoms with Crippen LogP contribution in [0.2, 0.25) is 0 Å². The van der Waals surface area contributed by atoms with Crippen LogP contribution in [-0.2, 0) is 14.4 Å². The lowest BCUT2D eigenvalue weighted by Crippen LogP contribution is -2.33. The monoisotopic (exact) mass is 363 g/mol. The second kappa shape index (κ2) is 7.86. The summed E-state index contributed by atoms with van der Waals surface area (Å²) < 4.78 is 0. The number of benzene rings is 2. The summed E-state index contributed by atoms with van der Waals surface area (Å²) in [7, 11) is 0. The van der Waals surface area contributed by atoms with Crippen LogP contribution in [-0.4, -0.2) is 22.6 Å². The number of hydrogen-bond donors (Lipinski definition) is 2. The third-order valence-electron chi connectivity index (χ3n) is 4.31. The molecule has 6 nitrogen and oxygen atoms in total. The lowest BCUT2D eigenvalue weighted by atomic mass is 9.93. The normalized spacial score (nSPS) is 15.0. The van der Waals surface area contributed by atoms with Crippen molar-refractivity contribution in [3.05, 3.63) is 65.9 Å². The van der Waals surface area contributed by atoms with Crippen molar-refractivity contribution in [2.45, 2.75) is 26.3 Å². The van der Waals surface area contributed by atoms with Crippen LogP contribution >= 0.6 is 0 Å². The molecule has 0 saturated carbocycles. The Bertz CT molecular complexity index is 920. The van der Waals surface area contributed by atoms with Gasteiger partial charge in [-0.05, 0) is 35.4 Å². The second-order valence-electron chi connectivity index (χ2n) is 6.40. The van der Waals surface area contributed by atoms with Crippen molar-refractivity contribution in [3.8, 4) is 0 Å². The lowest BCUT2D eigenvalue weighted by Gasteiger charge is -2.32. The van der Waals surface area contributed by atoms with E-state index in [1.807, 2.05) is 30.3 Å². The zero-order valence-corrected chi connectivity index (χ0v) is 15.2. The van der Waals surface area contributed by atoms with E-state index < -0.39 is 0 Å². The maximum Gasteiger partial charge on any atom is 0.226 e. The standard InChI is InChI=1S/C21H21N3O3/c1-14(25)22-17-7-5-8-18(12-17)23-21(27)13-20-19-9-4-3-6-16(19)10-11-24(20)15(2)26/h3-12,20H,13H2,1-2H3,(H,22,25)(H,23,27)/t20-/m1/s1. The highest BCUT2D eigenvalue weighted by Crippen LogP contribution is 2.33. The highest BCUT2D eigenvalue weighted by molar-refractivity contribution is 5.94. The summed E-state index contributed by atoms with van der Waals surface area (Å²) in [6, 6.07) is 14.3. The minimum absolute atomic E-state index is 0.119. The molecule has 6 heteroatoms.